The second-order valence-corrected chi connectivity index (χ2v) is 5.64. The number of nitrogens with zero attached hydrogens (tertiary/aromatic N) is 1. The minimum Gasteiger partial charge on any atom is -0.352 e. The molecule has 20 heavy (non-hydrogen) atoms. The van der Waals surface area contributed by atoms with E-state index in [9.17, 15) is 14.0 Å². The van der Waals surface area contributed by atoms with Crippen LogP contribution in [0.5, 0.6) is 0 Å². The van der Waals surface area contributed by atoms with Crippen molar-refractivity contribution in [3.8, 4) is 0 Å². The first-order valence-corrected chi connectivity index (χ1v) is 6.73. The second-order valence-electron chi connectivity index (χ2n) is 5.24. The highest BCUT2D eigenvalue weighted by atomic mass is 35.5. The van der Waals surface area contributed by atoms with Crippen LogP contribution >= 0.6 is 11.6 Å². The molecule has 1 aromatic rings. The quantitative estimate of drug-likeness (QED) is 0.904. The van der Waals surface area contributed by atoms with Gasteiger partial charge in [0.1, 0.15) is 11.4 Å². The first-order chi connectivity index (χ1) is 9.34. The topological polar surface area (TPSA) is 49.4 Å². The van der Waals surface area contributed by atoms with E-state index in [2.05, 4.69) is 5.32 Å². The Labute approximate surface area is 121 Å². The van der Waals surface area contributed by atoms with Crippen LogP contribution in [-0.4, -0.2) is 35.3 Å². The molecule has 0 spiro atoms. The van der Waals surface area contributed by atoms with E-state index in [0.717, 1.165) is 0 Å². The Balaban J connectivity index is 2.22. The largest absolute Gasteiger partial charge is 0.352 e. The van der Waals surface area contributed by atoms with Crippen LogP contribution in [0.15, 0.2) is 18.2 Å². The maximum absolute atomic E-state index is 13.7. The van der Waals surface area contributed by atoms with E-state index in [1.165, 1.54) is 17.0 Å². The van der Waals surface area contributed by atoms with Gasteiger partial charge >= 0.3 is 0 Å². The van der Waals surface area contributed by atoms with Crippen molar-refractivity contribution in [2.75, 3.05) is 13.1 Å². The molecule has 1 saturated heterocycles. The van der Waals surface area contributed by atoms with Crippen molar-refractivity contribution in [2.45, 2.75) is 25.8 Å². The molecule has 1 aliphatic heterocycles. The number of hydrogen-bond donors (Lipinski definition) is 1. The van der Waals surface area contributed by atoms with Gasteiger partial charge in [-0.05, 0) is 26.0 Å². The molecule has 1 N–H and O–H groups in total. The molecule has 1 heterocycles. The molecule has 0 atom stereocenters. The second kappa shape index (κ2) is 5.40. The molecule has 1 aliphatic rings. The van der Waals surface area contributed by atoms with Crippen LogP contribution in [0, 0.1) is 5.82 Å². The fourth-order valence-corrected chi connectivity index (χ4v) is 2.51. The predicted octanol–water partition coefficient (Wildman–Crippen LogP) is 1.76. The van der Waals surface area contributed by atoms with Gasteiger partial charge in [0, 0.05) is 23.7 Å². The summed E-state index contributed by atoms with van der Waals surface area (Å²) < 4.78 is 13.7. The van der Waals surface area contributed by atoms with Crippen molar-refractivity contribution < 1.29 is 14.0 Å². The third-order valence-electron chi connectivity index (χ3n) is 3.54. The SMILES string of the molecule is CC1(C)C(=O)NCCN1C(=O)Cc1c(F)cccc1Cl. The number of benzene rings is 1. The van der Waals surface area contributed by atoms with Crippen molar-refractivity contribution in [3.63, 3.8) is 0 Å². The van der Waals surface area contributed by atoms with E-state index in [4.69, 9.17) is 11.6 Å². The molecule has 6 heteroatoms. The monoisotopic (exact) mass is 298 g/mol. The van der Waals surface area contributed by atoms with E-state index in [1.54, 1.807) is 19.9 Å². The summed E-state index contributed by atoms with van der Waals surface area (Å²) in [4.78, 5) is 25.6. The Morgan fingerprint density at radius 1 is 1.50 bits per heavy atom. The summed E-state index contributed by atoms with van der Waals surface area (Å²) in [6.45, 7) is 4.15. The first-order valence-electron chi connectivity index (χ1n) is 6.35. The molecule has 0 saturated carbocycles. The van der Waals surface area contributed by atoms with Gasteiger partial charge in [-0.25, -0.2) is 4.39 Å². The molecule has 0 radical (unpaired) electrons. The lowest BCUT2D eigenvalue weighted by Crippen LogP contribution is -2.63. The molecular formula is C14H16ClFN2O2. The van der Waals surface area contributed by atoms with Crippen LogP contribution in [-0.2, 0) is 16.0 Å². The van der Waals surface area contributed by atoms with Gasteiger partial charge in [-0.1, -0.05) is 17.7 Å². The fraction of sp³-hybridized carbons (Fsp3) is 0.429. The highest BCUT2D eigenvalue weighted by molar-refractivity contribution is 6.31. The number of rotatable bonds is 2. The van der Waals surface area contributed by atoms with Crippen molar-refractivity contribution in [3.05, 3.63) is 34.6 Å². The number of piperazine rings is 1. The number of hydrogen-bond acceptors (Lipinski definition) is 2. The summed E-state index contributed by atoms with van der Waals surface area (Å²) in [6.07, 6.45) is -0.151. The highest BCUT2D eigenvalue weighted by Crippen LogP contribution is 2.23. The standard InChI is InChI=1S/C14H16ClFN2O2/c1-14(2)13(20)17-6-7-18(14)12(19)8-9-10(15)4-3-5-11(9)16/h3-5H,6-8H2,1-2H3,(H,17,20). The van der Waals surface area contributed by atoms with Crippen LogP contribution in [0.3, 0.4) is 0 Å². The van der Waals surface area contributed by atoms with Gasteiger partial charge in [0.05, 0.1) is 6.42 Å². The number of amides is 2. The zero-order valence-corrected chi connectivity index (χ0v) is 12.1. The van der Waals surface area contributed by atoms with E-state index < -0.39 is 11.4 Å². The molecule has 2 amide bonds. The maximum Gasteiger partial charge on any atom is 0.245 e. The van der Waals surface area contributed by atoms with Crippen LogP contribution in [0.2, 0.25) is 5.02 Å². The van der Waals surface area contributed by atoms with Gasteiger partial charge in [-0.3, -0.25) is 9.59 Å². The Morgan fingerprint density at radius 3 is 2.85 bits per heavy atom. The predicted molar refractivity (Wildman–Crippen MR) is 73.9 cm³/mol. The van der Waals surface area contributed by atoms with E-state index in [-0.39, 0.29) is 28.8 Å². The van der Waals surface area contributed by atoms with Crippen LogP contribution < -0.4 is 5.32 Å². The molecule has 0 aliphatic carbocycles. The lowest BCUT2D eigenvalue weighted by atomic mass is 9.97. The van der Waals surface area contributed by atoms with Crippen LogP contribution in [0.1, 0.15) is 19.4 Å². The highest BCUT2D eigenvalue weighted by Gasteiger charge is 2.40. The molecule has 0 aromatic heterocycles. The summed E-state index contributed by atoms with van der Waals surface area (Å²) in [5, 5.41) is 2.93. The van der Waals surface area contributed by atoms with Crippen molar-refractivity contribution >= 4 is 23.4 Å². The smallest absolute Gasteiger partial charge is 0.245 e. The van der Waals surface area contributed by atoms with Gasteiger partial charge in [-0.15, -0.1) is 0 Å². The Morgan fingerprint density at radius 2 is 2.20 bits per heavy atom. The average molecular weight is 299 g/mol. The lowest BCUT2D eigenvalue weighted by molar-refractivity contribution is -0.148. The first kappa shape index (κ1) is 14.8. The van der Waals surface area contributed by atoms with Gasteiger partial charge in [0.2, 0.25) is 11.8 Å². The summed E-state index contributed by atoms with van der Waals surface area (Å²) >= 11 is 5.92. The summed E-state index contributed by atoms with van der Waals surface area (Å²) in [5.74, 6) is -1.03. The lowest BCUT2D eigenvalue weighted by Gasteiger charge is -2.41. The third kappa shape index (κ3) is 2.63. The number of nitrogens with one attached hydrogen (secondary N) is 1. The Hall–Kier alpha value is -1.62. The van der Waals surface area contributed by atoms with Gasteiger partial charge in [-0.2, -0.15) is 0 Å². The maximum atomic E-state index is 13.7. The van der Waals surface area contributed by atoms with E-state index in [1.807, 2.05) is 0 Å². The van der Waals surface area contributed by atoms with Crippen molar-refractivity contribution in [2.24, 2.45) is 0 Å². The fourth-order valence-electron chi connectivity index (χ4n) is 2.28. The Bertz CT molecular complexity index is 540. The van der Waals surface area contributed by atoms with Gasteiger partial charge in [0.25, 0.3) is 0 Å². The summed E-state index contributed by atoms with van der Waals surface area (Å²) in [6, 6.07) is 4.30. The molecule has 2 rings (SSSR count). The zero-order valence-electron chi connectivity index (χ0n) is 11.4. The number of carbonyl (C=O) groups excluding carboxylic acids is 2. The molecule has 1 fully saturated rings. The average Bonchev–Trinajstić information content (AvgIpc) is 2.37. The molecule has 1 aromatic carbocycles. The van der Waals surface area contributed by atoms with E-state index in [0.29, 0.717) is 13.1 Å². The molecule has 0 bridgehead atoms. The van der Waals surface area contributed by atoms with Crippen LogP contribution in [0.25, 0.3) is 0 Å². The summed E-state index contributed by atoms with van der Waals surface area (Å²) in [5.41, 5.74) is -0.770. The van der Waals surface area contributed by atoms with Crippen LogP contribution in [0.4, 0.5) is 4.39 Å². The van der Waals surface area contributed by atoms with Gasteiger partial charge in [0.15, 0.2) is 0 Å². The number of halogens is 2. The summed E-state index contributed by atoms with van der Waals surface area (Å²) in [7, 11) is 0. The molecule has 0 unspecified atom stereocenters. The Kier molecular flexibility index (Phi) is 3.99. The molecular weight excluding hydrogens is 283 g/mol. The van der Waals surface area contributed by atoms with Gasteiger partial charge < -0.3 is 10.2 Å². The minimum absolute atomic E-state index is 0.151. The zero-order chi connectivity index (χ0) is 14.9. The molecule has 108 valence electrons. The number of carbonyl (C=O) groups is 2. The van der Waals surface area contributed by atoms with Crippen molar-refractivity contribution in [1.82, 2.24) is 10.2 Å². The third-order valence-corrected chi connectivity index (χ3v) is 3.90. The minimum atomic E-state index is -0.937. The van der Waals surface area contributed by atoms with E-state index >= 15 is 0 Å². The normalized spacial score (nSPS) is 17.8. The van der Waals surface area contributed by atoms with Crippen molar-refractivity contribution in [1.29, 1.82) is 0 Å². The molecule has 4 nitrogen and oxygen atoms in total.